The number of carbonyl (C=O) groups is 1. The molecule has 0 bridgehead atoms. The minimum absolute atomic E-state index is 0.0537. The lowest BCUT2D eigenvalue weighted by Crippen LogP contribution is -2.12. The van der Waals surface area contributed by atoms with Crippen LogP contribution in [0.4, 0.5) is 8.78 Å². The van der Waals surface area contributed by atoms with Gasteiger partial charge in [-0.05, 0) is 134 Å². The van der Waals surface area contributed by atoms with Gasteiger partial charge in [0.25, 0.3) is 0 Å². The Morgan fingerprint density at radius 2 is 1.13 bits per heavy atom. The summed E-state index contributed by atoms with van der Waals surface area (Å²) in [7, 11) is 0. The van der Waals surface area contributed by atoms with Crippen LogP contribution in [0.15, 0.2) is 107 Å². The molecule has 3 N–H and O–H groups in total. The Kier molecular flexibility index (Phi) is 13.7. The molecule has 2 aliphatic rings. The smallest absolute Gasteiger partial charge is 0.230 e. The van der Waals surface area contributed by atoms with Crippen LogP contribution in [-0.2, 0) is 4.79 Å². The molecular weight excluding hydrogens is 682 g/mol. The average Bonchev–Trinajstić information content (AvgIpc) is 3.99. The first-order valence-corrected chi connectivity index (χ1v) is 17.4. The number of hydrogen-bond donors (Lipinski definition) is 2. The number of nitrogens with two attached hydrogens (primary N) is 1. The largest absolute Gasteiger partial charge is 0.409 e. The summed E-state index contributed by atoms with van der Waals surface area (Å²) in [5, 5.41) is 15.4. The van der Waals surface area contributed by atoms with Crippen molar-refractivity contribution >= 4 is 22.7 Å². The van der Waals surface area contributed by atoms with E-state index in [0.717, 1.165) is 59.4 Å². The van der Waals surface area contributed by atoms with Crippen LogP contribution in [-0.4, -0.2) is 26.4 Å². The molecule has 0 radical (unpaired) electrons. The standard InChI is InChI=1S/C21H17FN2O.C15H11FN2O.C6H9ClO/c22-19-13-9-16(10-14-19)6-5-15-7-11-17(12-8-15)20-23-21(25-24-20)18-3-1-2-4-18;16-14-9-5-12(6-10-14)2-1-11-3-7-13(8-4-11)15(17)18-19;7-6(8)5-3-1-2-4-5/h7-14,18H,1-4H2;3-10,19H,(H2,17,18);5H,1-4H2. The summed E-state index contributed by atoms with van der Waals surface area (Å²) >= 11 is 5.25. The Hall–Kier alpha value is -5.77. The summed E-state index contributed by atoms with van der Waals surface area (Å²) in [5.41, 5.74) is 10.2. The van der Waals surface area contributed by atoms with Crippen LogP contribution in [0.1, 0.15) is 91.0 Å². The number of amidine groups is 1. The van der Waals surface area contributed by atoms with Crippen LogP contribution in [0.3, 0.4) is 0 Å². The van der Waals surface area contributed by atoms with E-state index in [1.807, 2.05) is 24.3 Å². The highest BCUT2D eigenvalue weighted by atomic mass is 35.5. The van der Waals surface area contributed by atoms with Crippen LogP contribution in [0.2, 0.25) is 0 Å². The van der Waals surface area contributed by atoms with Gasteiger partial charge in [0.2, 0.25) is 17.0 Å². The third-order valence-corrected chi connectivity index (χ3v) is 8.95. The highest BCUT2D eigenvalue weighted by Gasteiger charge is 2.23. The quantitative estimate of drug-likeness (QED) is 0.0478. The third kappa shape index (κ3) is 11.4. The summed E-state index contributed by atoms with van der Waals surface area (Å²) in [4.78, 5) is 15.0. The number of aromatic nitrogens is 2. The van der Waals surface area contributed by atoms with Crippen molar-refractivity contribution in [2.75, 3.05) is 0 Å². The molecule has 5 aromatic rings. The molecule has 0 saturated heterocycles. The molecule has 2 aliphatic carbocycles. The fourth-order valence-electron chi connectivity index (χ4n) is 5.68. The second kappa shape index (κ2) is 19.0. The first-order chi connectivity index (χ1) is 25.3. The fourth-order valence-corrected chi connectivity index (χ4v) is 5.90. The minimum Gasteiger partial charge on any atom is -0.409 e. The number of nitrogens with zero attached hydrogens (tertiary/aromatic N) is 3. The molecule has 264 valence electrons. The van der Waals surface area contributed by atoms with Crippen molar-refractivity contribution in [2.24, 2.45) is 16.8 Å². The van der Waals surface area contributed by atoms with Gasteiger partial charge in [-0.2, -0.15) is 4.98 Å². The van der Waals surface area contributed by atoms with Gasteiger partial charge in [0, 0.05) is 45.2 Å². The van der Waals surface area contributed by atoms with Gasteiger partial charge in [-0.25, -0.2) is 8.78 Å². The van der Waals surface area contributed by atoms with Crippen molar-refractivity contribution in [3.05, 3.63) is 142 Å². The summed E-state index contributed by atoms with van der Waals surface area (Å²) in [6.45, 7) is 0. The molecule has 10 heteroatoms. The minimum atomic E-state index is -0.284. The second-order valence-corrected chi connectivity index (χ2v) is 12.7. The van der Waals surface area contributed by atoms with E-state index in [1.165, 1.54) is 49.9 Å². The third-order valence-electron chi connectivity index (χ3n) is 8.64. The Labute approximate surface area is 306 Å². The highest BCUT2D eigenvalue weighted by Crippen LogP contribution is 2.34. The second-order valence-electron chi connectivity index (χ2n) is 12.4. The summed E-state index contributed by atoms with van der Waals surface area (Å²) in [6.07, 6.45) is 9.16. The predicted molar refractivity (Wildman–Crippen MR) is 197 cm³/mol. The molecule has 7 nitrogen and oxygen atoms in total. The van der Waals surface area contributed by atoms with E-state index in [-0.39, 0.29) is 28.6 Å². The van der Waals surface area contributed by atoms with Crippen LogP contribution >= 0.6 is 11.6 Å². The van der Waals surface area contributed by atoms with Gasteiger partial charge in [-0.3, -0.25) is 4.79 Å². The monoisotopic (exact) mass is 718 g/mol. The van der Waals surface area contributed by atoms with Crippen molar-refractivity contribution in [1.82, 2.24) is 10.1 Å². The molecule has 0 aliphatic heterocycles. The number of rotatable bonds is 4. The van der Waals surface area contributed by atoms with Gasteiger partial charge in [-0.15, -0.1) is 0 Å². The average molecular weight is 719 g/mol. The van der Waals surface area contributed by atoms with Gasteiger partial charge < -0.3 is 15.5 Å². The van der Waals surface area contributed by atoms with E-state index >= 15 is 0 Å². The van der Waals surface area contributed by atoms with Crippen molar-refractivity contribution in [1.29, 1.82) is 0 Å². The molecule has 52 heavy (non-hydrogen) atoms. The Morgan fingerprint density at radius 1 is 0.712 bits per heavy atom. The van der Waals surface area contributed by atoms with E-state index < -0.39 is 0 Å². The molecule has 0 amide bonds. The molecule has 4 aromatic carbocycles. The molecule has 0 atom stereocenters. The van der Waals surface area contributed by atoms with Crippen molar-refractivity contribution in [3.63, 3.8) is 0 Å². The SMILES string of the molecule is Fc1ccc(C#Cc2ccc(-c3noc(C4CCCC4)n3)cc2)cc1.N/C(=N\O)c1ccc(C#Cc2ccc(F)cc2)cc1.O=C(Cl)C1CCCC1. The molecule has 2 fully saturated rings. The number of halogens is 3. The maximum absolute atomic E-state index is 12.9. The van der Waals surface area contributed by atoms with Gasteiger partial charge in [-0.1, -0.05) is 59.7 Å². The number of benzene rings is 4. The molecule has 2 saturated carbocycles. The predicted octanol–water partition coefficient (Wildman–Crippen LogP) is 9.20. The van der Waals surface area contributed by atoms with Crippen LogP contribution < -0.4 is 5.73 Å². The van der Waals surface area contributed by atoms with Crippen molar-refractivity contribution in [2.45, 2.75) is 57.3 Å². The number of carbonyl (C=O) groups excluding carboxylic acids is 1. The number of hydrogen-bond acceptors (Lipinski definition) is 6. The molecule has 1 aromatic heterocycles. The van der Waals surface area contributed by atoms with Crippen LogP contribution in [0.25, 0.3) is 11.4 Å². The van der Waals surface area contributed by atoms with Crippen LogP contribution in [0, 0.1) is 41.2 Å². The maximum atomic E-state index is 12.9. The molecular formula is C42H37ClF2N4O3. The summed E-state index contributed by atoms with van der Waals surface area (Å²) in [5.74, 6) is 13.5. The van der Waals surface area contributed by atoms with Gasteiger partial charge >= 0.3 is 0 Å². The van der Waals surface area contributed by atoms with E-state index in [9.17, 15) is 13.6 Å². The zero-order valence-electron chi connectivity index (χ0n) is 28.4. The van der Waals surface area contributed by atoms with E-state index in [0.29, 0.717) is 17.3 Å². The number of oxime groups is 1. The zero-order chi connectivity index (χ0) is 36.7. The lowest BCUT2D eigenvalue weighted by atomic mass is 10.1. The summed E-state index contributed by atoms with van der Waals surface area (Å²) in [6, 6.07) is 26.8. The first kappa shape index (κ1) is 37.5. The van der Waals surface area contributed by atoms with Crippen molar-refractivity contribution in [3.8, 4) is 35.1 Å². The van der Waals surface area contributed by atoms with E-state index in [1.54, 1.807) is 48.5 Å². The summed E-state index contributed by atoms with van der Waals surface area (Å²) < 4.78 is 31.0. The lowest BCUT2D eigenvalue weighted by Gasteiger charge is -1.99. The zero-order valence-corrected chi connectivity index (χ0v) is 29.1. The Morgan fingerprint density at radius 3 is 1.56 bits per heavy atom. The van der Waals surface area contributed by atoms with Gasteiger partial charge in [0.05, 0.1) is 0 Å². The van der Waals surface area contributed by atoms with E-state index in [2.05, 4.69) is 39.0 Å². The Bertz CT molecular complexity index is 2060. The maximum Gasteiger partial charge on any atom is 0.230 e. The molecule has 7 rings (SSSR count). The first-order valence-electron chi connectivity index (χ1n) is 17.0. The lowest BCUT2D eigenvalue weighted by molar-refractivity contribution is -0.114. The topological polar surface area (TPSA) is 115 Å². The molecule has 1 heterocycles. The molecule has 0 spiro atoms. The highest BCUT2D eigenvalue weighted by molar-refractivity contribution is 6.64. The molecule has 0 unspecified atom stereocenters. The van der Waals surface area contributed by atoms with Crippen molar-refractivity contribution < 1.29 is 23.3 Å². The fraction of sp³-hybridized carbons (Fsp3) is 0.238. The van der Waals surface area contributed by atoms with Gasteiger partial charge in [0.1, 0.15) is 11.6 Å². The van der Waals surface area contributed by atoms with Crippen LogP contribution in [0.5, 0.6) is 0 Å². The Balaban J connectivity index is 0.000000170. The normalized spacial score (nSPS) is 14.1. The van der Waals surface area contributed by atoms with E-state index in [4.69, 9.17) is 27.1 Å². The van der Waals surface area contributed by atoms with Gasteiger partial charge in [0.15, 0.2) is 5.84 Å².